The number of alkyl halides is 2. The van der Waals surface area contributed by atoms with E-state index in [2.05, 4.69) is 15.2 Å². The lowest BCUT2D eigenvalue weighted by molar-refractivity contribution is 0.0970. The number of ether oxygens (including phenoxy) is 1. The number of hydrogen-bond donors (Lipinski definition) is 2. The Morgan fingerprint density at radius 1 is 1.36 bits per heavy atom. The summed E-state index contributed by atoms with van der Waals surface area (Å²) in [5.74, 6) is 0.986. The molecule has 1 aliphatic heterocycles. The topological polar surface area (TPSA) is 107 Å². The van der Waals surface area contributed by atoms with E-state index < -0.39 is 12.0 Å². The molecule has 9 nitrogen and oxygen atoms in total. The SMILES string of the molecule is CNc1c(N2CCC[C@@H](N)C2)n(CCCC(F)F)c2c(=O)n(CC(=O)c3cccc(OC)c3)cnc12. The molecule has 3 heterocycles. The summed E-state index contributed by atoms with van der Waals surface area (Å²) >= 11 is 0. The monoisotopic (exact) mass is 502 g/mol. The van der Waals surface area contributed by atoms with Crippen molar-refractivity contribution < 1.29 is 18.3 Å². The quantitative estimate of drug-likeness (QED) is 0.410. The molecule has 3 N–H and O–H groups in total. The Balaban J connectivity index is 1.79. The van der Waals surface area contributed by atoms with E-state index in [-0.39, 0.29) is 43.3 Å². The van der Waals surface area contributed by atoms with Crippen molar-refractivity contribution in [2.75, 3.05) is 37.5 Å². The third-order valence-electron chi connectivity index (χ3n) is 6.52. The van der Waals surface area contributed by atoms with Crippen molar-refractivity contribution in [3.8, 4) is 5.75 Å². The molecule has 11 heteroatoms. The second-order valence-corrected chi connectivity index (χ2v) is 9.01. The van der Waals surface area contributed by atoms with Crippen molar-refractivity contribution in [1.29, 1.82) is 0 Å². The van der Waals surface area contributed by atoms with Gasteiger partial charge in [-0.25, -0.2) is 13.8 Å². The van der Waals surface area contributed by atoms with Gasteiger partial charge in [0.15, 0.2) is 5.78 Å². The Kier molecular flexibility index (Phi) is 7.88. The molecule has 1 aliphatic rings. The number of nitrogens with zero attached hydrogens (tertiary/aromatic N) is 4. The number of benzene rings is 1. The zero-order valence-corrected chi connectivity index (χ0v) is 20.5. The fraction of sp³-hybridized carbons (Fsp3) is 0.480. The van der Waals surface area contributed by atoms with Gasteiger partial charge >= 0.3 is 0 Å². The maximum atomic E-state index is 13.7. The molecule has 0 aliphatic carbocycles. The molecular formula is C25H32F2N6O3. The number of nitrogens with one attached hydrogen (secondary N) is 1. The molecule has 1 atom stereocenters. The summed E-state index contributed by atoms with van der Waals surface area (Å²) < 4.78 is 34.1. The molecule has 2 aromatic heterocycles. The van der Waals surface area contributed by atoms with Gasteiger partial charge < -0.3 is 25.3 Å². The number of hydrogen-bond acceptors (Lipinski definition) is 7. The van der Waals surface area contributed by atoms with Crippen LogP contribution < -0.4 is 26.2 Å². The molecule has 0 bridgehead atoms. The van der Waals surface area contributed by atoms with Gasteiger partial charge in [0.25, 0.3) is 5.56 Å². The molecule has 0 spiro atoms. The van der Waals surface area contributed by atoms with Gasteiger partial charge in [0.05, 0.1) is 20.0 Å². The van der Waals surface area contributed by atoms with E-state index in [1.54, 1.807) is 35.9 Å². The van der Waals surface area contributed by atoms with Crippen LogP contribution in [0.25, 0.3) is 11.0 Å². The first-order valence-electron chi connectivity index (χ1n) is 12.1. The largest absolute Gasteiger partial charge is 0.497 e. The smallest absolute Gasteiger partial charge is 0.278 e. The van der Waals surface area contributed by atoms with Crippen molar-refractivity contribution >= 4 is 28.3 Å². The lowest BCUT2D eigenvalue weighted by Gasteiger charge is -2.34. The van der Waals surface area contributed by atoms with E-state index >= 15 is 0 Å². The minimum Gasteiger partial charge on any atom is -0.497 e. The summed E-state index contributed by atoms with van der Waals surface area (Å²) in [5, 5.41) is 3.15. The molecular weight excluding hydrogens is 470 g/mol. The second kappa shape index (κ2) is 11.1. The molecule has 36 heavy (non-hydrogen) atoms. The molecule has 0 unspecified atom stereocenters. The molecule has 1 saturated heterocycles. The van der Waals surface area contributed by atoms with Gasteiger partial charge in [0, 0.05) is 44.7 Å². The van der Waals surface area contributed by atoms with Gasteiger partial charge in [-0.1, -0.05) is 12.1 Å². The number of Topliss-reactive ketones (excluding diaryl/α,β-unsaturated/α-hetero) is 1. The Hall–Kier alpha value is -3.47. The first kappa shape index (κ1) is 25.6. The Morgan fingerprint density at radius 2 is 2.17 bits per heavy atom. The van der Waals surface area contributed by atoms with Crippen LogP contribution in [0.2, 0.25) is 0 Å². The van der Waals surface area contributed by atoms with E-state index in [0.717, 1.165) is 25.2 Å². The van der Waals surface area contributed by atoms with Gasteiger partial charge in [-0.3, -0.25) is 14.2 Å². The van der Waals surface area contributed by atoms with Crippen LogP contribution >= 0.6 is 0 Å². The van der Waals surface area contributed by atoms with Crippen molar-refractivity contribution in [2.24, 2.45) is 5.73 Å². The van der Waals surface area contributed by atoms with Crippen LogP contribution in [0.3, 0.4) is 0 Å². The van der Waals surface area contributed by atoms with Crippen molar-refractivity contribution in [1.82, 2.24) is 14.1 Å². The molecule has 0 amide bonds. The number of halogens is 2. The average Bonchev–Trinajstić information content (AvgIpc) is 3.19. The minimum atomic E-state index is -2.43. The van der Waals surface area contributed by atoms with Gasteiger partial charge in [-0.05, 0) is 31.4 Å². The third-order valence-corrected chi connectivity index (χ3v) is 6.52. The number of methoxy groups -OCH3 is 1. The van der Waals surface area contributed by atoms with E-state index in [4.69, 9.17) is 10.5 Å². The van der Waals surface area contributed by atoms with Crippen molar-refractivity contribution in [2.45, 2.75) is 51.2 Å². The van der Waals surface area contributed by atoms with Crippen LogP contribution in [-0.2, 0) is 13.1 Å². The number of piperidine rings is 1. The summed E-state index contributed by atoms with van der Waals surface area (Å²) in [6.45, 7) is 1.32. The van der Waals surface area contributed by atoms with Crippen LogP contribution in [0.5, 0.6) is 5.75 Å². The van der Waals surface area contributed by atoms with Crippen molar-refractivity contribution in [3.05, 3.63) is 46.5 Å². The molecule has 3 aromatic rings. The summed E-state index contributed by atoms with van der Waals surface area (Å²) in [6.07, 6.45) is 0.617. The first-order valence-corrected chi connectivity index (χ1v) is 12.1. The number of nitrogens with two attached hydrogens (primary N) is 1. The molecule has 194 valence electrons. The van der Waals surface area contributed by atoms with Crippen LogP contribution in [0.1, 0.15) is 36.0 Å². The zero-order valence-electron chi connectivity index (χ0n) is 20.5. The Morgan fingerprint density at radius 3 is 2.86 bits per heavy atom. The van der Waals surface area contributed by atoms with Gasteiger partial charge in [-0.15, -0.1) is 0 Å². The number of fused-ring (bicyclic) bond motifs is 1. The molecule has 1 fully saturated rings. The van der Waals surface area contributed by atoms with E-state index in [9.17, 15) is 18.4 Å². The number of carbonyl (C=O) groups excluding carboxylic acids is 1. The van der Waals surface area contributed by atoms with E-state index in [1.165, 1.54) is 18.0 Å². The third kappa shape index (κ3) is 5.20. The average molecular weight is 503 g/mol. The maximum absolute atomic E-state index is 13.7. The second-order valence-electron chi connectivity index (χ2n) is 9.01. The van der Waals surface area contributed by atoms with Gasteiger partial charge in [0.1, 0.15) is 28.3 Å². The Labute approximate surface area is 207 Å². The number of aromatic nitrogens is 3. The van der Waals surface area contributed by atoms with E-state index in [1.807, 2.05) is 0 Å². The van der Waals surface area contributed by atoms with Gasteiger partial charge in [-0.2, -0.15) is 0 Å². The number of anilines is 2. The standard InChI is InChI=1S/C25H32F2N6O3/c1-29-22-21-23(33(11-5-9-20(26)27)24(22)31-10-4-7-17(28)13-31)25(35)32(15-30-21)14-19(34)16-6-3-8-18(12-16)36-2/h3,6,8,12,15,17,20,29H,4-5,7,9-11,13-14,28H2,1-2H3/t17-/m1/s1. The molecule has 0 radical (unpaired) electrons. The summed E-state index contributed by atoms with van der Waals surface area (Å²) in [4.78, 5) is 33.2. The number of rotatable bonds is 10. The summed E-state index contributed by atoms with van der Waals surface area (Å²) in [6, 6.07) is 6.69. The highest BCUT2D eigenvalue weighted by molar-refractivity contribution is 5.98. The predicted octanol–water partition coefficient (Wildman–Crippen LogP) is 3.10. The highest BCUT2D eigenvalue weighted by Gasteiger charge is 2.28. The first-order chi connectivity index (χ1) is 17.3. The number of ketones is 1. The predicted molar refractivity (Wildman–Crippen MR) is 136 cm³/mol. The van der Waals surface area contributed by atoms with E-state index in [0.29, 0.717) is 29.1 Å². The van der Waals surface area contributed by atoms with Crippen LogP contribution in [0.4, 0.5) is 20.3 Å². The fourth-order valence-electron chi connectivity index (χ4n) is 4.79. The van der Waals surface area contributed by atoms with Crippen LogP contribution in [0.15, 0.2) is 35.4 Å². The van der Waals surface area contributed by atoms with Crippen LogP contribution in [-0.4, -0.2) is 59.6 Å². The minimum absolute atomic E-state index is 0.0268. The highest BCUT2D eigenvalue weighted by Crippen LogP contribution is 2.36. The summed E-state index contributed by atoms with van der Waals surface area (Å²) in [7, 11) is 3.26. The number of carbonyl (C=O) groups is 1. The Bertz CT molecular complexity index is 1290. The molecule has 4 rings (SSSR count). The number of aryl methyl sites for hydroxylation is 1. The molecule has 0 saturated carbocycles. The van der Waals surface area contributed by atoms with Gasteiger partial charge in [0.2, 0.25) is 6.43 Å². The fourth-order valence-corrected chi connectivity index (χ4v) is 4.79. The lowest BCUT2D eigenvalue weighted by atomic mass is 10.1. The summed E-state index contributed by atoms with van der Waals surface area (Å²) in [5.41, 5.74) is 7.61. The zero-order chi connectivity index (χ0) is 25.8. The normalized spacial score (nSPS) is 16.1. The molecule has 1 aromatic carbocycles. The van der Waals surface area contributed by atoms with Crippen LogP contribution in [0, 0.1) is 0 Å². The van der Waals surface area contributed by atoms with Crippen molar-refractivity contribution in [3.63, 3.8) is 0 Å². The highest BCUT2D eigenvalue weighted by atomic mass is 19.3. The maximum Gasteiger partial charge on any atom is 0.278 e. The lowest BCUT2D eigenvalue weighted by Crippen LogP contribution is -2.44.